The van der Waals surface area contributed by atoms with E-state index in [1.54, 1.807) is 0 Å². The van der Waals surface area contributed by atoms with Crippen molar-refractivity contribution in [3.05, 3.63) is 24.3 Å². The maximum absolute atomic E-state index is 9.38. The van der Waals surface area contributed by atoms with Crippen LogP contribution >= 0.6 is 0 Å². The Morgan fingerprint density at radius 1 is 1.37 bits per heavy atom. The van der Waals surface area contributed by atoms with Crippen LogP contribution in [0.1, 0.15) is 51.8 Å². The maximum Gasteiger partial charge on any atom is 0.139 e. The molecule has 4 rings (SSSR count). The number of aromatic nitrogens is 4. The van der Waals surface area contributed by atoms with Gasteiger partial charge in [0, 0.05) is 30.5 Å². The summed E-state index contributed by atoms with van der Waals surface area (Å²) in [5.74, 6) is 2.63. The fourth-order valence-electron chi connectivity index (χ4n) is 4.50. The number of hydrogen-bond acceptors (Lipinski definition) is 5. The second-order valence-corrected chi connectivity index (χ2v) is 8.59. The van der Waals surface area contributed by atoms with Gasteiger partial charge in [-0.15, -0.1) is 0 Å². The van der Waals surface area contributed by atoms with E-state index in [2.05, 4.69) is 37.1 Å². The van der Waals surface area contributed by atoms with Crippen LogP contribution in [0.25, 0.3) is 22.1 Å². The van der Waals surface area contributed by atoms with Gasteiger partial charge >= 0.3 is 0 Å². The van der Waals surface area contributed by atoms with Gasteiger partial charge in [-0.25, -0.2) is 9.97 Å². The molecule has 3 heterocycles. The van der Waals surface area contributed by atoms with E-state index in [1.807, 2.05) is 26.2 Å². The number of hydroxylamine groups is 1. The SMILES string of the molecule is CC(C)C(=NCc1nc2cnc3[nH]ccc3c2n1CC1CCC(CC#N)CC1)NO. The van der Waals surface area contributed by atoms with E-state index in [0.717, 1.165) is 60.1 Å². The minimum Gasteiger partial charge on any atom is -0.346 e. The van der Waals surface area contributed by atoms with Gasteiger partial charge in [-0.3, -0.25) is 15.7 Å². The normalized spacial score (nSPS) is 20.2. The lowest BCUT2D eigenvalue weighted by atomic mass is 9.80. The van der Waals surface area contributed by atoms with Crippen molar-refractivity contribution in [1.29, 1.82) is 5.26 Å². The average molecular weight is 408 g/mol. The van der Waals surface area contributed by atoms with Crippen LogP contribution in [0.2, 0.25) is 0 Å². The highest BCUT2D eigenvalue weighted by molar-refractivity contribution is 6.01. The molecule has 8 nitrogen and oxygen atoms in total. The maximum atomic E-state index is 9.38. The van der Waals surface area contributed by atoms with Crippen LogP contribution in [-0.4, -0.2) is 30.6 Å². The predicted molar refractivity (Wildman–Crippen MR) is 116 cm³/mol. The van der Waals surface area contributed by atoms with Crippen molar-refractivity contribution in [1.82, 2.24) is 25.0 Å². The van der Waals surface area contributed by atoms with Gasteiger partial charge in [-0.1, -0.05) is 13.8 Å². The number of hydrogen-bond donors (Lipinski definition) is 3. The summed E-state index contributed by atoms with van der Waals surface area (Å²) in [7, 11) is 0. The molecule has 0 aromatic carbocycles. The Morgan fingerprint density at radius 3 is 2.83 bits per heavy atom. The molecule has 1 saturated carbocycles. The number of nitrogens with one attached hydrogen (secondary N) is 2. The van der Waals surface area contributed by atoms with Crippen molar-refractivity contribution in [3.63, 3.8) is 0 Å². The molecule has 3 aromatic heterocycles. The number of nitrogens with zero attached hydrogens (tertiary/aromatic N) is 5. The first-order valence-corrected chi connectivity index (χ1v) is 10.7. The topological polar surface area (TPSA) is 115 Å². The zero-order valence-electron chi connectivity index (χ0n) is 17.6. The Balaban J connectivity index is 1.68. The van der Waals surface area contributed by atoms with Crippen molar-refractivity contribution < 1.29 is 5.21 Å². The number of nitriles is 1. The number of rotatable bonds is 6. The Morgan fingerprint density at radius 2 is 2.13 bits per heavy atom. The van der Waals surface area contributed by atoms with Crippen molar-refractivity contribution >= 4 is 27.9 Å². The van der Waals surface area contributed by atoms with E-state index >= 15 is 0 Å². The lowest BCUT2D eigenvalue weighted by Crippen LogP contribution is -2.25. The molecule has 1 aliphatic carbocycles. The fourth-order valence-corrected chi connectivity index (χ4v) is 4.50. The molecule has 3 aromatic rings. The van der Waals surface area contributed by atoms with Crippen LogP contribution in [0.4, 0.5) is 0 Å². The third kappa shape index (κ3) is 4.03. The number of fused-ring (bicyclic) bond motifs is 3. The molecule has 0 amide bonds. The highest BCUT2D eigenvalue weighted by Gasteiger charge is 2.24. The smallest absolute Gasteiger partial charge is 0.139 e. The summed E-state index contributed by atoms with van der Waals surface area (Å²) in [6.07, 6.45) is 8.89. The van der Waals surface area contributed by atoms with E-state index in [0.29, 0.717) is 30.6 Å². The molecular formula is C22H29N7O. The Labute approximate surface area is 176 Å². The molecule has 3 N–H and O–H groups in total. The van der Waals surface area contributed by atoms with Crippen molar-refractivity contribution in [2.24, 2.45) is 22.7 Å². The largest absolute Gasteiger partial charge is 0.346 e. The minimum absolute atomic E-state index is 0.0984. The molecule has 0 atom stereocenters. The molecule has 0 radical (unpaired) electrons. The summed E-state index contributed by atoms with van der Waals surface area (Å²) < 4.78 is 2.29. The first-order chi connectivity index (χ1) is 14.6. The van der Waals surface area contributed by atoms with Crippen LogP contribution in [0.5, 0.6) is 0 Å². The second kappa shape index (κ2) is 8.84. The van der Waals surface area contributed by atoms with E-state index < -0.39 is 0 Å². The predicted octanol–water partition coefficient (Wildman–Crippen LogP) is 4.17. The number of H-pyrrole nitrogens is 1. The number of aliphatic imine (C=N–C) groups is 1. The quantitative estimate of drug-likeness (QED) is 0.322. The summed E-state index contributed by atoms with van der Waals surface area (Å²) in [4.78, 5) is 17.1. The second-order valence-electron chi connectivity index (χ2n) is 8.59. The average Bonchev–Trinajstić information content (AvgIpc) is 3.34. The van der Waals surface area contributed by atoms with Gasteiger partial charge in [0.2, 0.25) is 0 Å². The van der Waals surface area contributed by atoms with E-state index in [4.69, 9.17) is 10.2 Å². The first-order valence-electron chi connectivity index (χ1n) is 10.7. The number of amidine groups is 1. The van der Waals surface area contributed by atoms with Crippen LogP contribution in [0.15, 0.2) is 23.5 Å². The Kier molecular flexibility index (Phi) is 6.00. The first kappa shape index (κ1) is 20.4. The molecule has 1 aliphatic rings. The third-order valence-electron chi connectivity index (χ3n) is 6.21. The zero-order valence-corrected chi connectivity index (χ0v) is 17.6. The lowest BCUT2D eigenvalue weighted by molar-refractivity contribution is 0.228. The third-order valence-corrected chi connectivity index (χ3v) is 6.21. The zero-order chi connectivity index (χ0) is 21.1. The molecule has 30 heavy (non-hydrogen) atoms. The minimum atomic E-state index is 0.0984. The van der Waals surface area contributed by atoms with Gasteiger partial charge in [0.05, 0.1) is 24.3 Å². The fraction of sp³-hybridized carbons (Fsp3) is 0.545. The summed E-state index contributed by atoms with van der Waals surface area (Å²) in [6.45, 7) is 5.25. The molecule has 8 heteroatoms. The monoisotopic (exact) mass is 407 g/mol. The molecule has 0 unspecified atom stereocenters. The van der Waals surface area contributed by atoms with Gasteiger partial charge in [0.1, 0.15) is 22.8 Å². The Hall–Kier alpha value is -2.92. The van der Waals surface area contributed by atoms with Crippen LogP contribution in [0, 0.1) is 29.1 Å². The van der Waals surface area contributed by atoms with Crippen molar-refractivity contribution in [3.8, 4) is 6.07 Å². The summed E-state index contributed by atoms with van der Waals surface area (Å²) in [6, 6.07) is 4.37. The molecule has 0 saturated heterocycles. The highest BCUT2D eigenvalue weighted by Crippen LogP contribution is 2.33. The van der Waals surface area contributed by atoms with Crippen molar-refractivity contribution in [2.75, 3.05) is 0 Å². The summed E-state index contributed by atoms with van der Waals surface area (Å²) in [5, 5.41) is 19.4. The van der Waals surface area contributed by atoms with E-state index in [9.17, 15) is 5.21 Å². The highest BCUT2D eigenvalue weighted by atomic mass is 16.5. The van der Waals surface area contributed by atoms with Gasteiger partial charge < -0.3 is 9.55 Å². The van der Waals surface area contributed by atoms with E-state index in [1.165, 1.54) is 0 Å². The molecule has 0 bridgehead atoms. The van der Waals surface area contributed by atoms with Crippen LogP contribution in [-0.2, 0) is 13.1 Å². The summed E-state index contributed by atoms with van der Waals surface area (Å²) in [5.41, 5.74) is 5.04. The van der Waals surface area contributed by atoms with Crippen molar-refractivity contribution in [2.45, 2.75) is 59.0 Å². The van der Waals surface area contributed by atoms with Gasteiger partial charge in [-0.2, -0.15) is 5.26 Å². The van der Waals surface area contributed by atoms with Gasteiger partial charge in [-0.05, 0) is 43.6 Å². The van der Waals surface area contributed by atoms with Crippen LogP contribution in [0.3, 0.4) is 0 Å². The number of pyridine rings is 1. The Bertz CT molecular complexity index is 1080. The standard InChI is InChI=1S/C22H29N7O/c1-14(2)21(28-30)26-12-19-27-18-11-25-22-17(8-10-24-22)20(18)29(19)13-16-5-3-15(4-6-16)7-9-23/h8,10-11,14-16,30H,3-7,12-13H2,1-2H3,(H,24,25)(H,26,28). The molecule has 0 spiro atoms. The number of aromatic amines is 1. The van der Waals surface area contributed by atoms with E-state index in [-0.39, 0.29) is 5.92 Å². The number of imidazole rings is 1. The van der Waals surface area contributed by atoms with Crippen LogP contribution < -0.4 is 5.48 Å². The molecule has 1 fully saturated rings. The molecule has 158 valence electrons. The lowest BCUT2D eigenvalue weighted by Gasteiger charge is -2.28. The molecular weight excluding hydrogens is 378 g/mol. The van der Waals surface area contributed by atoms with Gasteiger partial charge in [0.15, 0.2) is 0 Å². The summed E-state index contributed by atoms with van der Waals surface area (Å²) >= 11 is 0. The van der Waals surface area contributed by atoms with Gasteiger partial charge in [0.25, 0.3) is 0 Å². The molecule has 0 aliphatic heterocycles.